The molecule has 0 N–H and O–H groups in total. The zero-order valence-electron chi connectivity index (χ0n) is 5.25. The summed E-state index contributed by atoms with van der Waals surface area (Å²) >= 11 is 0. The van der Waals surface area contributed by atoms with Gasteiger partial charge in [-0.1, -0.05) is 24.8 Å². The summed E-state index contributed by atoms with van der Waals surface area (Å²) in [6.07, 6.45) is 10.5. The van der Waals surface area contributed by atoms with Crippen LogP contribution in [0, 0.1) is 0 Å². The van der Waals surface area contributed by atoms with Crippen molar-refractivity contribution < 1.29 is 0 Å². The van der Waals surface area contributed by atoms with Crippen molar-refractivity contribution in [2.75, 3.05) is 0 Å². The van der Waals surface area contributed by atoms with E-state index < -0.39 is 0 Å². The van der Waals surface area contributed by atoms with Crippen molar-refractivity contribution in [3.8, 4) is 0 Å². The van der Waals surface area contributed by atoms with E-state index in [4.69, 9.17) is 0 Å². The van der Waals surface area contributed by atoms with Crippen LogP contribution in [0.2, 0.25) is 0 Å². The summed E-state index contributed by atoms with van der Waals surface area (Å²) in [5.74, 6) is 0. The fourth-order valence-corrected chi connectivity index (χ4v) is 0.662. The van der Waals surface area contributed by atoms with Crippen molar-refractivity contribution in [1.82, 2.24) is 0 Å². The van der Waals surface area contributed by atoms with Crippen LogP contribution in [0.3, 0.4) is 0 Å². The highest BCUT2D eigenvalue weighted by Crippen LogP contribution is 2.05. The highest BCUT2D eigenvalue weighted by Gasteiger charge is 1.90. The topological polar surface area (TPSA) is 12.4 Å². The van der Waals surface area contributed by atoms with Gasteiger partial charge in [-0.2, -0.15) is 0 Å². The summed E-state index contributed by atoms with van der Waals surface area (Å²) in [5, 5.41) is 0. The van der Waals surface area contributed by atoms with Gasteiger partial charge in [-0.05, 0) is 6.08 Å². The molecule has 0 spiro atoms. The highest BCUT2D eigenvalue weighted by molar-refractivity contribution is 5.65. The first-order chi connectivity index (χ1) is 4.43. The summed E-state index contributed by atoms with van der Waals surface area (Å²) in [5.41, 5.74) is 1.04. The molecule has 0 saturated heterocycles. The lowest BCUT2D eigenvalue weighted by atomic mass is 10.3. The molecule has 0 bridgehead atoms. The normalized spacial score (nSPS) is 16.7. The highest BCUT2D eigenvalue weighted by atomic mass is 14.7. The molecule has 0 aromatic heterocycles. The molecule has 46 valence electrons. The first kappa shape index (κ1) is 6.02. The monoisotopic (exact) mass is 119 g/mol. The van der Waals surface area contributed by atoms with Gasteiger partial charge in [0.2, 0.25) is 0 Å². The molecule has 0 unspecified atom stereocenters. The Bertz CT molecular complexity index is 185. The van der Waals surface area contributed by atoms with Gasteiger partial charge >= 0.3 is 0 Å². The Morgan fingerprint density at radius 3 is 3.11 bits per heavy atom. The van der Waals surface area contributed by atoms with Gasteiger partial charge in [0.05, 0.1) is 5.70 Å². The van der Waals surface area contributed by atoms with E-state index in [2.05, 4.69) is 17.6 Å². The van der Waals surface area contributed by atoms with Crippen molar-refractivity contribution in [3.63, 3.8) is 0 Å². The molecule has 1 nitrogen and oxygen atoms in total. The zero-order chi connectivity index (χ0) is 6.53. The van der Waals surface area contributed by atoms with Gasteiger partial charge in [-0.25, -0.2) is 0 Å². The lowest BCUT2D eigenvalue weighted by molar-refractivity contribution is 1.45. The second-order valence-corrected chi connectivity index (χ2v) is 1.77. The third-order valence-corrected chi connectivity index (χ3v) is 1.08. The average molecular weight is 119 g/mol. The summed E-state index contributed by atoms with van der Waals surface area (Å²) < 4.78 is 0. The van der Waals surface area contributed by atoms with Crippen LogP contribution in [0.5, 0.6) is 0 Å². The van der Waals surface area contributed by atoms with E-state index in [1.807, 2.05) is 18.4 Å². The van der Waals surface area contributed by atoms with Crippen LogP contribution in [-0.4, -0.2) is 6.21 Å². The van der Waals surface area contributed by atoms with Crippen molar-refractivity contribution >= 4 is 6.21 Å². The van der Waals surface area contributed by atoms with Crippen LogP contribution in [0.1, 0.15) is 6.42 Å². The van der Waals surface area contributed by atoms with E-state index in [1.165, 1.54) is 0 Å². The third kappa shape index (κ3) is 1.68. The number of hydrogen-bond donors (Lipinski definition) is 0. The molecule has 0 aliphatic carbocycles. The quantitative estimate of drug-likeness (QED) is 0.493. The SMILES string of the molecule is C=C/C=C\C1=CCC=N1. The van der Waals surface area contributed by atoms with Crippen LogP contribution in [-0.2, 0) is 0 Å². The number of rotatable bonds is 2. The van der Waals surface area contributed by atoms with Crippen molar-refractivity contribution in [2.24, 2.45) is 4.99 Å². The van der Waals surface area contributed by atoms with Crippen LogP contribution in [0.25, 0.3) is 0 Å². The fourth-order valence-electron chi connectivity index (χ4n) is 0.662. The summed E-state index contributed by atoms with van der Waals surface area (Å²) in [6, 6.07) is 0. The minimum absolute atomic E-state index is 0.969. The largest absolute Gasteiger partial charge is 0.261 e. The molecule has 1 aliphatic rings. The molecule has 0 saturated carbocycles. The molecule has 0 aromatic rings. The summed E-state index contributed by atoms with van der Waals surface area (Å²) in [6.45, 7) is 3.56. The van der Waals surface area contributed by atoms with Crippen LogP contribution in [0.15, 0.2) is 41.6 Å². The van der Waals surface area contributed by atoms with Crippen LogP contribution < -0.4 is 0 Å². The van der Waals surface area contributed by atoms with E-state index >= 15 is 0 Å². The molecular formula is C8H9N. The standard InChI is InChI=1S/C8H9N/c1-2-3-5-8-6-4-7-9-8/h2-3,5-7H,1,4H2/b5-3-. The predicted octanol–water partition coefficient (Wildman–Crippen LogP) is 2.09. The average Bonchev–Trinajstić information content (AvgIpc) is 2.34. The first-order valence-corrected chi connectivity index (χ1v) is 2.95. The molecule has 0 radical (unpaired) electrons. The maximum Gasteiger partial charge on any atom is 0.0589 e. The van der Waals surface area contributed by atoms with E-state index in [0.29, 0.717) is 0 Å². The number of allylic oxidation sites excluding steroid dienone is 4. The Kier molecular flexibility index (Phi) is 2.02. The minimum atomic E-state index is 0.969. The fraction of sp³-hybridized carbons (Fsp3) is 0.125. The molecule has 0 atom stereocenters. The van der Waals surface area contributed by atoms with Crippen molar-refractivity contribution in [2.45, 2.75) is 6.42 Å². The Morgan fingerprint density at radius 2 is 2.56 bits per heavy atom. The van der Waals surface area contributed by atoms with Crippen LogP contribution >= 0.6 is 0 Å². The van der Waals surface area contributed by atoms with Gasteiger partial charge < -0.3 is 0 Å². The second-order valence-electron chi connectivity index (χ2n) is 1.77. The third-order valence-electron chi connectivity index (χ3n) is 1.08. The zero-order valence-corrected chi connectivity index (χ0v) is 5.25. The molecule has 1 heteroatoms. The number of nitrogens with zero attached hydrogens (tertiary/aromatic N) is 1. The Morgan fingerprint density at radius 1 is 1.67 bits per heavy atom. The van der Waals surface area contributed by atoms with E-state index in [0.717, 1.165) is 12.1 Å². The van der Waals surface area contributed by atoms with Gasteiger partial charge in [0.15, 0.2) is 0 Å². The first-order valence-electron chi connectivity index (χ1n) is 2.95. The second kappa shape index (κ2) is 3.02. The van der Waals surface area contributed by atoms with Gasteiger partial charge in [-0.3, -0.25) is 4.99 Å². The summed E-state index contributed by atoms with van der Waals surface area (Å²) in [7, 11) is 0. The molecule has 0 aromatic carbocycles. The van der Waals surface area contributed by atoms with E-state index in [9.17, 15) is 0 Å². The Balaban J connectivity index is 2.53. The molecule has 1 heterocycles. The maximum atomic E-state index is 4.07. The van der Waals surface area contributed by atoms with Crippen molar-refractivity contribution in [1.29, 1.82) is 0 Å². The number of aliphatic imine (C=N–C) groups is 1. The van der Waals surface area contributed by atoms with Gasteiger partial charge in [0.1, 0.15) is 0 Å². The maximum absolute atomic E-state index is 4.07. The molecule has 1 aliphatic heterocycles. The van der Waals surface area contributed by atoms with Crippen LogP contribution in [0.4, 0.5) is 0 Å². The van der Waals surface area contributed by atoms with E-state index in [1.54, 1.807) is 6.08 Å². The summed E-state index contributed by atoms with van der Waals surface area (Å²) in [4.78, 5) is 4.07. The molecule has 1 rings (SSSR count). The number of hydrogen-bond acceptors (Lipinski definition) is 1. The van der Waals surface area contributed by atoms with Gasteiger partial charge in [0, 0.05) is 12.6 Å². The smallest absolute Gasteiger partial charge is 0.0589 e. The molecule has 0 amide bonds. The lowest BCUT2D eigenvalue weighted by Gasteiger charge is -1.80. The molecular weight excluding hydrogens is 110 g/mol. The Labute approximate surface area is 55.1 Å². The van der Waals surface area contributed by atoms with E-state index in [-0.39, 0.29) is 0 Å². The Hall–Kier alpha value is -1.11. The van der Waals surface area contributed by atoms with Gasteiger partial charge in [-0.15, -0.1) is 0 Å². The predicted molar refractivity (Wildman–Crippen MR) is 40.5 cm³/mol. The van der Waals surface area contributed by atoms with Gasteiger partial charge in [0.25, 0.3) is 0 Å². The van der Waals surface area contributed by atoms with Crippen molar-refractivity contribution in [3.05, 3.63) is 36.6 Å². The molecule has 0 fully saturated rings. The molecule has 9 heavy (non-hydrogen) atoms. The lowest BCUT2D eigenvalue weighted by Crippen LogP contribution is -1.61. The minimum Gasteiger partial charge on any atom is -0.261 e.